The SMILES string of the molecule is COc1cc(C#N)ccc1[N-]Cc1ccccn1.[Cl][Cu+].c1ccncc1. The number of ether oxygens (including phenoxy) is 1. The van der Waals surface area contributed by atoms with Gasteiger partial charge in [-0.2, -0.15) is 5.26 Å². The van der Waals surface area contributed by atoms with E-state index in [2.05, 4.69) is 46.6 Å². The zero-order valence-electron chi connectivity index (χ0n) is 14.0. The number of methoxy groups -OCH3 is 1. The molecule has 0 aliphatic rings. The second-order valence-corrected chi connectivity index (χ2v) is 4.66. The summed E-state index contributed by atoms with van der Waals surface area (Å²) in [5, 5.41) is 13.2. The van der Waals surface area contributed by atoms with E-state index in [0.717, 1.165) is 11.4 Å². The maximum absolute atomic E-state index is 8.81. The van der Waals surface area contributed by atoms with Crippen LogP contribution in [-0.4, -0.2) is 17.1 Å². The number of rotatable bonds is 4. The topological polar surface area (TPSA) is 72.9 Å². The van der Waals surface area contributed by atoms with Crippen LogP contribution >= 0.6 is 10.1 Å². The molecule has 0 atom stereocenters. The van der Waals surface area contributed by atoms with Crippen LogP contribution in [0.5, 0.6) is 5.75 Å². The van der Waals surface area contributed by atoms with Gasteiger partial charge in [-0.1, -0.05) is 30.4 Å². The van der Waals surface area contributed by atoms with Gasteiger partial charge in [-0.25, -0.2) is 0 Å². The molecule has 7 heteroatoms. The van der Waals surface area contributed by atoms with E-state index in [1.54, 1.807) is 43.9 Å². The van der Waals surface area contributed by atoms with Gasteiger partial charge in [0.2, 0.25) is 0 Å². The van der Waals surface area contributed by atoms with Crippen LogP contribution in [0.4, 0.5) is 5.69 Å². The van der Waals surface area contributed by atoms with Gasteiger partial charge in [0.05, 0.1) is 18.7 Å². The first-order valence-electron chi connectivity index (χ1n) is 7.45. The number of pyridine rings is 2. The first kappa shape index (κ1) is 21.5. The number of halogens is 1. The molecule has 1 aromatic carbocycles. The third kappa shape index (κ3) is 8.00. The summed E-state index contributed by atoms with van der Waals surface area (Å²) in [5.74, 6) is 0.602. The van der Waals surface area contributed by atoms with Crippen molar-refractivity contribution in [1.82, 2.24) is 9.97 Å². The van der Waals surface area contributed by atoms with Crippen LogP contribution in [0.15, 0.2) is 73.2 Å². The Balaban J connectivity index is 0.000000353. The summed E-state index contributed by atoms with van der Waals surface area (Å²) in [4.78, 5) is 7.98. The molecule has 3 aromatic rings. The standard InChI is InChI=1S/C14H12N3O.C5H5N.ClH.Cu/c1-18-14-8-11(9-15)5-6-13(14)17-10-12-4-2-3-7-16-12;1-2-4-6-5-3-1;;/h2-8H,10H2,1H3;1-5H;1H;/q-1;;;+2/p-1. The average molecular weight is 416 g/mol. The van der Waals surface area contributed by atoms with Crippen LogP contribution in [0.2, 0.25) is 0 Å². The van der Waals surface area contributed by atoms with Crippen LogP contribution in [0.1, 0.15) is 11.3 Å². The zero-order chi connectivity index (χ0) is 19.0. The summed E-state index contributed by atoms with van der Waals surface area (Å²) in [5.41, 5.74) is 2.18. The molecule has 0 unspecified atom stereocenters. The van der Waals surface area contributed by atoms with Crippen molar-refractivity contribution in [3.8, 4) is 11.8 Å². The Morgan fingerprint density at radius 3 is 2.31 bits per heavy atom. The molecule has 0 aliphatic heterocycles. The molecule has 0 N–H and O–H groups in total. The molecule has 137 valence electrons. The second kappa shape index (κ2) is 13.7. The normalized spacial score (nSPS) is 8.73. The quantitative estimate of drug-likeness (QED) is 0.565. The first-order valence-corrected chi connectivity index (χ1v) is 8.75. The van der Waals surface area contributed by atoms with Gasteiger partial charge in [0.1, 0.15) is 5.75 Å². The van der Waals surface area contributed by atoms with E-state index in [4.69, 9.17) is 10.00 Å². The number of hydrogen-bond acceptors (Lipinski definition) is 4. The number of nitriles is 1. The van der Waals surface area contributed by atoms with Gasteiger partial charge in [-0.15, -0.1) is 0 Å². The van der Waals surface area contributed by atoms with Crippen molar-refractivity contribution in [3.63, 3.8) is 0 Å². The number of nitrogens with zero attached hydrogens (tertiary/aromatic N) is 4. The zero-order valence-corrected chi connectivity index (χ0v) is 15.7. The van der Waals surface area contributed by atoms with Crippen molar-refractivity contribution in [2.24, 2.45) is 0 Å². The number of hydrogen-bond donors (Lipinski definition) is 0. The summed E-state index contributed by atoms with van der Waals surface area (Å²) in [6, 6.07) is 18.7. The Bertz CT molecular complexity index is 756. The Labute approximate surface area is 166 Å². The van der Waals surface area contributed by atoms with E-state index in [-0.39, 0.29) is 0 Å². The minimum Gasteiger partial charge on any atom is -0.265 e. The molecule has 0 saturated carbocycles. The van der Waals surface area contributed by atoms with E-state index in [0.29, 0.717) is 17.9 Å². The van der Waals surface area contributed by atoms with Crippen molar-refractivity contribution in [3.05, 3.63) is 89.8 Å². The molecular formula is C19H17ClCuN4O. The molecule has 2 heterocycles. The van der Waals surface area contributed by atoms with Gasteiger partial charge in [-0.05, 0) is 36.4 Å². The largest absolute Gasteiger partial charge is 0.265 e. The predicted octanol–water partition coefficient (Wildman–Crippen LogP) is 4.94. The van der Waals surface area contributed by atoms with Crippen molar-refractivity contribution in [2.45, 2.75) is 6.54 Å². The third-order valence-electron chi connectivity index (χ3n) is 3.01. The van der Waals surface area contributed by atoms with Crippen LogP contribution in [-0.2, 0) is 21.6 Å². The maximum atomic E-state index is 8.81. The fraction of sp³-hybridized carbons (Fsp3) is 0.105. The molecule has 2 aromatic heterocycles. The van der Waals surface area contributed by atoms with E-state index in [1.807, 2.05) is 36.4 Å². The summed E-state index contributed by atoms with van der Waals surface area (Å²) in [6.45, 7) is 0.489. The van der Waals surface area contributed by atoms with Gasteiger partial charge in [0.25, 0.3) is 0 Å². The van der Waals surface area contributed by atoms with Crippen molar-refractivity contribution < 1.29 is 19.8 Å². The van der Waals surface area contributed by atoms with E-state index >= 15 is 0 Å². The van der Waals surface area contributed by atoms with Crippen LogP contribution in [0.25, 0.3) is 5.32 Å². The minimum absolute atomic E-state index is 0.489. The van der Waals surface area contributed by atoms with Gasteiger partial charge >= 0.3 is 25.2 Å². The fourth-order valence-electron chi connectivity index (χ4n) is 1.85. The molecule has 3 rings (SSSR count). The van der Waals surface area contributed by atoms with Crippen molar-refractivity contribution in [2.75, 3.05) is 7.11 Å². The smallest absolute Gasteiger partial charge is 0.0267 e. The second-order valence-electron chi connectivity index (χ2n) is 4.66. The Kier molecular flexibility index (Phi) is 11.3. The Morgan fingerprint density at radius 1 is 1.08 bits per heavy atom. The van der Waals surface area contributed by atoms with Gasteiger partial charge < -0.3 is 10.1 Å². The van der Waals surface area contributed by atoms with E-state index in [1.165, 1.54) is 0 Å². The monoisotopic (exact) mass is 415 g/mol. The predicted molar refractivity (Wildman–Crippen MR) is 98.8 cm³/mol. The summed E-state index contributed by atoms with van der Waals surface area (Å²) in [6.07, 6.45) is 5.24. The first-order chi connectivity index (χ1) is 12.8. The Morgan fingerprint density at radius 2 is 1.81 bits per heavy atom. The molecule has 0 radical (unpaired) electrons. The van der Waals surface area contributed by atoms with E-state index in [9.17, 15) is 0 Å². The van der Waals surface area contributed by atoms with Crippen LogP contribution in [0, 0.1) is 11.3 Å². The molecule has 26 heavy (non-hydrogen) atoms. The molecule has 0 spiro atoms. The maximum Gasteiger partial charge on any atom is 0.0267 e. The Hall–Kier alpha value is -2.58. The average Bonchev–Trinajstić information content (AvgIpc) is 2.76. The van der Waals surface area contributed by atoms with Crippen molar-refractivity contribution >= 4 is 15.8 Å². The molecule has 0 saturated heterocycles. The van der Waals surface area contributed by atoms with Gasteiger partial charge in [0, 0.05) is 24.3 Å². The molecule has 5 nitrogen and oxygen atoms in total. The molecule has 0 fully saturated rings. The van der Waals surface area contributed by atoms with Crippen LogP contribution in [0.3, 0.4) is 0 Å². The minimum atomic E-state index is 0.489. The number of aromatic nitrogens is 2. The van der Waals surface area contributed by atoms with Gasteiger partial charge in [-0.3, -0.25) is 9.97 Å². The molecular weight excluding hydrogens is 399 g/mol. The molecule has 0 bridgehead atoms. The van der Waals surface area contributed by atoms with Gasteiger partial charge in [0.15, 0.2) is 0 Å². The fourth-order valence-corrected chi connectivity index (χ4v) is 1.85. The van der Waals surface area contributed by atoms with Crippen molar-refractivity contribution in [1.29, 1.82) is 5.26 Å². The third-order valence-corrected chi connectivity index (χ3v) is 3.01. The summed E-state index contributed by atoms with van der Waals surface area (Å²) in [7, 11) is 5.77. The number of benzene rings is 1. The van der Waals surface area contributed by atoms with Crippen LogP contribution < -0.4 is 4.74 Å². The van der Waals surface area contributed by atoms with E-state index < -0.39 is 0 Å². The molecule has 0 amide bonds. The summed E-state index contributed by atoms with van der Waals surface area (Å²) >= 11 is 3.66. The molecule has 0 aliphatic carbocycles. The summed E-state index contributed by atoms with van der Waals surface area (Å²) < 4.78 is 5.21.